The van der Waals surface area contributed by atoms with E-state index in [4.69, 9.17) is 0 Å². The van der Waals surface area contributed by atoms with Crippen molar-refractivity contribution in [3.63, 3.8) is 0 Å². The summed E-state index contributed by atoms with van der Waals surface area (Å²) in [5.41, 5.74) is 3.28. The van der Waals surface area contributed by atoms with E-state index in [1.54, 1.807) is 13.0 Å². The fraction of sp³-hybridized carbons (Fsp3) is 0.711. The zero-order valence-electron chi connectivity index (χ0n) is 27.6. The van der Waals surface area contributed by atoms with Gasteiger partial charge in [0.2, 0.25) is 0 Å². The summed E-state index contributed by atoms with van der Waals surface area (Å²) in [7, 11) is -3.27. The molecule has 4 nitrogen and oxygen atoms in total. The average Bonchev–Trinajstić information content (AvgIpc) is 3.35. The number of carboxylic acids is 1. The molecule has 4 saturated carbocycles. The minimum absolute atomic E-state index is 0.0811. The van der Waals surface area contributed by atoms with Crippen LogP contribution in [0.4, 0.5) is 0 Å². The largest absolute Gasteiger partial charge is 0.481 e. The molecule has 1 aromatic carbocycles. The summed E-state index contributed by atoms with van der Waals surface area (Å²) < 4.78 is 25.5. The Morgan fingerprint density at radius 3 is 2.33 bits per heavy atom. The van der Waals surface area contributed by atoms with Crippen molar-refractivity contribution in [3.8, 4) is 0 Å². The van der Waals surface area contributed by atoms with Crippen molar-refractivity contribution < 1.29 is 18.3 Å². The first-order chi connectivity index (χ1) is 20.0. The van der Waals surface area contributed by atoms with E-state index in [2.05, 4.69) is 60.3 Å². The molecule has 5 aliphatic rings. The second kappa shape index (κ2) is 9.81. The number of carboxylic acid groups (broad SMARTS) is 1. The fourth-order valence-electron chi connectivity index (χ4n) is 12.6. The zero-order valence-corrected chi connectivity index (χ0v) is 28.4. The Hall–Kier alpha value is -1.88. The first-order valence-corrected chi connectivity index (χ1v) is 18.6. The smallest absolute Gasteiger partial charge is 0.309 e. The van der Waals surface area contributed by atoms with E-state index in [1.165, 1.54) is 24.0 Å². The average molecular weight is 607 g/mol. The van der Waals surface area contributed by atoms with Crippen LogP contribution in [-0.2, 0) is 14.6 Å². The Morgan fingerprint density at radius 2 is 1.67 bits per heavy atom. The van der Waals surface area contributed by atoms with Gasteiger partial charge in [-0.2, -0.15) is 0 Å². The van der Waals surface area contributed by atoms with E-state index >= 15 is 0 Å². The van der Waals surface area contributed by atoms with E-state index in [0.29, 0.717) is 28.6 Å². The first-order valence-electron chi connectivity index (χ1n) is 16.9. The van der Waals surface area contributed by atoms with Crippen LogP contribution >= 0.6 is 0 Å². The molecule has 0 spiro atoms. The van der Waals surface area contributed by atoms with Crippen LogP contribution in [0.5, 0.6) is 0 Å². The molecule has 0 saturated heterocycles. The molecule has 1 aromatic rings. The predicted octanol–water partition coefficient (Wildman–Crippen LogP) is 9.22. The number of hydrogen-bond acceptors (Lipinski definition) is 3. The summed E-state index contributed by atoms with van der Waals surface area (Å²) >= 11 is 0. The van der Waals surface area contributed by atoms with Crippen LogP contribution in [0, 0.1) is 56.7 Å². The van der Waals surface area contributed by atoms with Gasteiger partial charge in [-0.25, -0.2) is 8.42 Å². The van der Waals surface area contributed by atoms with Crippen LogP contribution in [0.2, 0.25) is 0 Å². The molecule has 0 heterocycles. The molecule has 6 rings (SSSR count). The third-order valence-electron chi connectivity index (χ3n) is 15.0. The molecule has 0 unspecified atom stereocenters. The monoisotopic (exact) mass is 606 g/mol. The topological polar surface area (TPSA) is 71.4 Å². The highest BCUT2D eigenvalue weighted by atomic mass is 32.2. The summed E-state index contributed by atoms with van der Waals surface area (Å²) in [5.74, 6) is 1.57. The van der Waals surface area contributed by atoms with Gasteiger partial charge in [0.15, 0.2) is 9.84 Å². The third kappa shape index (κ3) is 4.04. The Morgan fingerprint density at radius 1 is 0.953 bits per heavy atom. The highest BCUT2D eigenvalue weighted by Gasteiger charge is 2.71. The van der Waals surface area contributed by atoms with Gasteiger partial charge >= 0.3 is 5.97 Å². The van der Waals surface area contributed by atoms with Crippen molar-refractivity contribution >= 4 is 21.4 Å². The van der Waals surface area contributed by atoms with Crippen molar-refractivity contribution in [3.05, 3.63) is 48.1 Å². The van der Waals surface area contributed by atoms with Gasteiger partial charge in [0.05, 0.1) is 16.1 Å². The van der Waals surface area contributed by atoms with E-state index < -0.39 is 21.2 Å². The maximum atomic E-state index is 12.9. The van der Waals surface area contributed by atoms with Gasteiger partial charge in [-0.3, -0.25) is 4.79 Å². The zero-order chi connectivity index (χ0) is 31.4. The van der Waals surface area contributed by atoms with Crippen molar-refractivity contribution in [2.24, 2.45) is 56.7 Å². The van der Waals surface area contributed by atoms with Crippen LogP contribution in [0.15, 0.2) is 47.4 Å². The van der Waals surface area contributed by atoms with Gasteiger partial charge in [0, 0.05) is 0 Å². The number of benzene rings is 1. The van der Waals surface area contributed by atoms with E-state index in [1.807, 2.05) is 12.1 Å². The first kappa shape index (κ1) is 31.1. The molecule has 236 valence electrons. The molecule has 4 fully saturated rings. The highest BCUT2D eigenvalue weighted by Crippen LogP contribution is 2.77. The number of sulfone groups is 1. The van der Waals surface area contributed by atoms with Crippen LogP contribution in [0.3, 0.4) is 0 Å². The van der Waals surface area contributed by atoms with Gasteiger partial charge in [0.25, 0.3) is 0 Å². The van der Waals surface area contributed by atoms with Gasteiger partial charge < -0.3 is 5.11 Å². The number of carbonyl (C=O) groups is 1. The van der Waals surface area contributed by atoms with Gasteiger partial charge in [-0.15, -0.1) is 0 Å². The minimum atomic E-state index is -3.27. The molecule has 1 N–H and O–H groups in total. The summed E-state index contributed by atoms with van der Waals surface area (Å²) in [6, 6.07) is 7.65. The van der Waals surface area contributed by atoms with Crippen molar-refractivity contribution in [2.45, 2.75) is 111 Å². The second-order valence-corrected chi connectivity index (χ2v) is 18.9. The van der Waals surface area contributed by atoms with Gasteiger partial charge in [-0.1, -0.05) is 71.9 Å². The van der Waals surface area contributed by atoms with Gasteiger partial charge in [0.1, 0.15) is 0 Å². The van der Waals surface area contributed by atoms with E-state index in [0.717, 1.165) is 50.5 Å². The lowest BCUT2D eigenvalue weighted by Gasteiger charge is -2.72. The molecule has 5 aliphatic carbocycles. The molecule has 43 heavy (non-hydrogen) atoms. The molecule has 0 bridgehead atoms. The summed E-state index contributed by atoms with van der Waals surface area (Å²) in [6.07, 6.45) is 11.7. The van der Waals surface area contributed by atoms with Crippen molar-refractivity contribution in [1.82, 2.24) is 0 Å². The van der Waals surface area contributed by atoms with Crippen LogP contribution in [-0.4, -0.2) is 25.2 Å². The molecular weight excluding hydrogens is 552 g/mol. The lowest BCUT2D eigenvalue weighted by Crippen LogP contribution is -2.65. The number of allylic oxidation sites excluding steroid dienone is 3. The SMILES string of the molecule is C=C(C)[C@@H]1CC[C@]2(C(=O)O)CC[C@]3(C)[C@H](CC[C@@H]4[C@@]5(C)CC=C(c6cccc(S(=O)(=O)CC)c6)C(C)(C)[C@@H]5CC[C@]43C)[C@@H]12. The Balaban J connectivity index is 1.38. The summed E-state index contributed by atoms with van der Waals surface area (Å²) in [4.78, 5) is 13.4. The molecule has 0 aliphatic heterocycles. The molecule has 0 aromatic heterocycles. The summed E-state index contributed by atoms with van der Waals surface area (Å²) in [5, 5.41) is 10.6. The molecule has 0 radical (unpaired) electrons. The number of fused-ring (bicyclic) bond motifs is 7. The third-order valence-corrected chi connectivity index (χ3v) is 16.7. The van der Waals surface area contributed by atoms with Crippen molar-refractivity contribution in [1.29, 1.82) is 0 Å². The Bertz CT molecular complexity index is 1490. The van der Waals surface area contributed by atoms with E-state index in [-0.39, 0.29) is 33.3 Å². The number of aliphatic carboxylic acids is 1. The Kier molecular flexibility index (Phi) is 7.10. The second-order valence-electron chi connectivity index (χ2n) is 16.6. The highest BCUT2D eigenvalue weighted by molar-refractivity contribution is 7.91. The predicted molar refractivity (Wildman–Crippen MR) is 174 cm³/mol. The van der Waals surface area contributed by atoms with Crippen LogP contribution < -0.4 is 0 Å². The van der Waals surface area contributed by atoms with Crippen molar-refractivity contribution in [2.75, 3.05) is 5.75 Å². The van der Waals surface area contributed by atoms with E-state index in [9.17, 15) is 18.3 Å². The van der Waals surface area contributed by atoms with Gasteiger partial charge in [-0.05, 0) is 139 Å². The standard InChI is InChI=1S/C38H54O4S/c1-9-43(41,42)26-12-10-11-25(23-26)28-16-18-35(6)30(34(28,4)5)17-19-37(8)31(35)14-13-29-32-27(24(2)3)15-20-38(32,33(39)40)22-21-36(29,37)7/h10-12,16,23,27,29-32H,2,9,13-15,17-22H2,1,3-8H3,(H,39,40)/t27-,29+,30-,31+,32+,35-,36+,37+,38-/m0/s1. The fourth-order valence-corrected chi connectivity index (χ4v) is 13.6. The maximum Gasteiger partial charge on any atom is 0.309 e. The number of rotatable bonds is 5. The molecule has 9 atom stereocenters. The molecule has 5 heteroatoms. The van der Waals surface area contributed by atoms with Crippen LogP contribution in [0.25, 0.3) is 5.57 Å². The summed E-state index contributed by atoms with van der Waals surface area (Å²) in [6.45, 7) is 20.7. The lowest BCUT2D eigenvalue weighted by atomic mass is 9.32. The minimum Gasteiger partial charge on any atom is -0.481 e. The molecule has 0 amide bonds. The normalized spacial score (nSPS) is 43.4. The maximum absolute atomic E-state index is 12.9. The quantitative estimate of drug-likeness (QED) is 0.339. The number of hydrogen-bond donors (Lipinski definition) is 1. The van der Waals surface area contributed by atoms with Crippen LogP contribution in [0.1, 0.15) is 112 Å². The molecular formula is C38H54O4S. The Labute approximate surface area is 260 Å². The lowest BCUT2D eigenvalue weighted by molar-refractivity contribution is -0.227.